The normalized spacial score (nSPS) is 11.0. The highest BCUT2D eigenvalue weighted by atomic mass is 16.5. The Kier molecular flexibility index (Phi) is 4.38. The predicted molar refractivity (Wildman–Crippen MR) is 105 cm³/mol. The first-order valence-electron chi connectivity index (χ1n) is 8.57. The second-order valence-corrected chi connectivity index (χ2v) is 6.19. The third-order valence-corrected chi connectivity index (χ3v) is 4.72. The zero-order chi connectivity index (χ0) is 19.8. The largest absolute Gasteiger partial charge is 0.497 e. The predicted octanol–water partition coefficient (Wildman–Crippen LogP) is 3.22. The van der Waals surface area contributed by atoms with Crippen LogP contribution in [0.25, 0.3) is 33.1 Å². The third-order valence-electron chi connectivity index (χ3n) is 4.72. The van der Waals surface area contributed by atoms with Crippen LogP contribution in [0.1, 0.15) is 0 Å². The van der Waals surface area contributed by atoms with Crippen molar-refractivity contribution in [3.8, 4) is 34.1 Å². The van der Waals surface area contributed by atoms with Crippen molar-refractivity contribution in [3.05, 3.63) is 30.5 Å². The number of rotatable bonds is 5. The Morgan fingerprint density at radius 3 is 2.11 bits per heavy atom. The van der Waals surface area contributed by atoms with Crippen molar-refractivity contribution in [1.82, 2.24) is 20.0 Å². The van der Waals surface area contributed by atoms with E-state index in [0.29, 0.717) is 34.2 Å². The van der Waals surface area contributed by atoms with E-state index in [-0.39, 0.29) is 0 Å². The van der Waals surface area contributed by atoms with Crippen LogP contribution < -0.4 is 18.9 Å². The van der Waals surface area contributed by atoms with Gasteiger partial charge < -0.3 is 18.9 Å². The van der Waals surface area contributed by atoms with Crippen molar-refractivity contribution in [3.63, 3.8) is 0 Å². The van der Waals surface area contributed by atoms with E-state index in [1.807, 2.05) is 31.3 Å². The molecule has 0 aliphatic rings. The van der Waals surface area contributed by atoms with Gasteiger partial charge in [-0.2, -0.15) is 5.10 Å². The molecule has 0 radical (unpaired) electrons. The number of ether oxygens (including phenoxy) is 4. The van der Waals surface area contributed by atoms with E-state index in [2.05, 4.69) is 15.3 Å². The fourth-order valence-corrected chi connectivity index (χ4v) is 3.35. The molecule has 0 spiro atoms. The maximum atomic E-state index is 5.70. The maximum absolute atomic E-state index is 5.70. The zero-order valence-corrected chi connectivity index (χ0v) is 16.3. The summed E-state index contributed by atoms with van der Waals surface area (Å²) in [7, 11) is 8.25. The number of aryl methyl sites for hydroxylation is 1. The summed E-state index contributed by atoms with van der Waals surface area (Å²) >= 11 is 0. The van der Waals surface area contributed by atoms with Gasteiger partial charge in [-0.05, 0) is 23.8 Å². The molecule has 0 atom stereocenters. The third kappa shape index (κ3) is 2.65. The molecule has 0 aliphatic carbocycles. The van der Waals surface area contributed by atoms with Crippen molar-refractivity contribution in [1.29, 1.82) is 0 Å². The lowest BCUT2D eigenvalue weighted by Crippen LogP contribution is -1.99. The minimum atomic E-state index is 0.558. The second-order valence-electron chi connectivity index (χ2n) is 6.19. The maximum Gasteiger partial charge on any atom is 0.180 e. The van der Waals surface area contributed by atoms with E-state index in [9.17, 15) is 0 Å². The van der Waals surface area contributed by atoms with Gasteiger partial charge in [-0.15, -0.1) is 10.2 Å². The average Bonchev–Trinajstić information content (AvgIpc) is 3.12. The first kappa shape index (κ1) is 17.8. The smallest absolute Gasteiger partial charge is 0.180 e. The van der Waals surface area contributed by atoms with E-state index in [1.54, 1.807) is 39.3 Å². The summed E-state index contributed by atoms with van der Waals surface area (Å²) < 4.78 is 23.9. The van der Waals surface area contributed by atoms with Crippen LogP contribution in [0.2, 0.25) is 0 Å². The summed E-state index contributed by atoms with van der Waals surface area (Å²) in [5.41, 5.74) is 2.92. The van der Waals surface area contributed by atoms with Gasteiger partial charge in [0.05, 0.1) is 45.6 Å². The molecule has 4 rings (SSSR count). The van der Waals surface area contributed by atoms with Crippen LogP contribution in [0, 0.1) is 0 Å². The molecule has 144 valence electrons. The van der Waals surface area contributed by atoms with E-state index < -0.39 is 0 Å². The lowest BCUT2D eigenvalue weighted by molar-refractivity contribution is 0.357. The molecule has 0 N–H and O–H groups in total. The number of benzene rings is 2. The fraction of sp³-hybridized carbons (Fsp3) is 0.250. The number of aromatic nitrogens is 4. The summed E-state index contributed by atoms with van der Waals surface area (Å²) in [4.78, 5) is 0. The topological polar surface area (TPSA) is 80.5 Å². The van der Waals surface area contributed by atoms with Crippen LogP contribution in [-0.4, -0.2) is 48.4 Å². The number of methoxy groups -OCH3 is 4. The molecule has 0 fully saturated rings. The Bertz CT molecular complexity index is 1160. The minimum Gasteiger partial charge on any atom is -0.497 e. The Balaban J connectivity index is 2.16. The molecule has 4 aromatic rings. The molecule has 2 aromatic carbocycles. The zero-order valence-electron chi connectivity index (χ0n) is 16.3. The Morgan fingerprint density at radius 1 is 0.786 bits per heavy atom. The summed E-state index contributed by atoms with van der Waals surface area (Å²) in [6.45, 7) is 0. The summed E-state index contributed by atoms with van der Waals surface area (Å²) in [5, 5.41) is 14.9. The molecule has 0 bridgehead atoms. The van der Waals surface area contributed by atoms with Gasteiger partial charge in [0.2, 0.25) is 0 Å². The van der Waals surface area contributed by atoms with Crippen LogP contribution in [-0.2, 0) is 7.05 Å². The van der Waals surface area contributed by atoms with Gasteiger partial charge in [0.25, 0.3) is 0 Å². The lowest BCUT2D eigenvalue weighted by atomic mass is 9.98. The van der Waals surface area contributed by atoms with Crippen molar-refractivity contribution in [2.45, 2.75) is 0 Å². The fourth-order valence-electron chi connectivity index (χ4n) is 3.35. The van der Waals surface area contributed by atoms with Gasteiger partial charge in [0.1, 0.15) is 17.0 Å². The molecule has 8 nitrogen and oxygen atoms in total. The number of fused-ring (bicyclic) bond motifs is 3. The molecule has 8 heteroatoms. The van der Waals surface area contributed by atoms with Crippen LogP contribution in [0.15, 0.2) is 30.5 Å². The first-order chi connectivity index (χ1) is 13.6. The molecule has 0 aliphatic heterocycles. The monoisotopic (exact) mass is 380 g/mol. The average molecular weight is 380 g/mol. The van der Waals surface area contributed by atoms with Crippen molar-refractivity contribution < 1.29 is 18.9 Å². The molecule has 0 saturated carbocycles. The molecule has 0 saturated heterocycles. The summed E-state index contributed by atoms with van der Waals surface area (Å²) in [6, 6.07) is 7.50. The van der Waals surface area contributed by atoms with Gasteiger partial charge in [0.15, 0.2) is 17.1 Å². The molecule has 2 heterocycles. The standard InChI is InChI=1S/C20H20N4O4/c1-24-20-15(10-21-24)14-9-16(27-4)19(28-5)17(18(14)22-23-20)11-6-12(25-2)8-13(7-11)26-3/h6-10H,1-5H3. The van der Waals surface area contributed by atoms with Crippen molar-refractivity contribution in [2.75, 3.05) is 28.4 Å². The number of hydrogen-bond donors (Lipinski definition) is 0. The first-order valence-corrected chi connectivity index (χ1v) is 8.57. The number of nitrogens with zero attached hydrogens (tertiary/aromatic N) is 4. The quantitative estimate of drug-likeness (QED) is 0.526. The van der Waals surface area contributed by atoms with Crippen LogP contribution in [0.3, 0.4) is 0 Å². The number of hydrogen-bond acceptors (Lipinski definition) is 7. The molecular weight excluding hydrogens is 360 g/mol. The minimum absolute atomic E-state index is 0.558. The highest BCUT2D eigenvalue weighted by molar-refractivity contribution is 6.10. The Morgan fingerprint density at radius 2 is 1.50 bits per heavy atom. The Hall–Kier alpha value is -3.55. The van der Waals surface area contributed by atoms with Gasteiger partial charge in [-0.25, -0.2) is 4.68 Å². The van der Waals surface area contributed by atoms with E-state index >= 15 is 0 Å². The van der Waals surface area contributed by atoms with Gasteiger partial charge in [-0.1, -0.05) is 0 Å². The van der Waals surface area contributed by atoms with Crippen molar-refractivity contribution >= 4 is 21.9 Å². The summed E-state index contributed by atoms with van der Waals surface area (Å²) in [6.07, 6.45) is 1.77. The summed E-state index contributed by atoms with van der Waals surface area (Å²) in [5.74, 6) is 2.46. The molecular formula is C20H20N4O4. The molecule has 0 amide bonds. The van der Waals surface area contributed by atoms with Crippen LogP contribution in [0.5, 0.6) is 23.0 Å². The second kappa shape index (κ2) is 6.88. The van der Waals surface area contributed by atoms with E-state index in [4.69, 9.17) is 18.9 Å². The highest BCUT2D eigenvalue weighted by Crippen LogP contribution is 2.45. The van der Waals surface area contributed by atoms with Gasteiger partial charge in [-0.3, -0.25) is 0 Å². The lowest BCUT2D eigenvalue weighted by Gasteiger charge is -2.17. The van der Waals surface area contributed by atoms with E-state index in [1.165, 1.54) is 0 Å². The molecule has 2 aromatic heterocycles. The highest BCUT2D eigenvalue weighted by Gasteiger charge is 2.22. The molecule has 28 heavy (non-hydrogen) atoms. The van der Waals surface area contributed by atoms with Gasteiger partial charge in [0, 0.05) is 18.5 Å². The Labute approximate surface area is 161 Å². The van der Waals surface area contributed by atoms with Crippen LogP contribution in [0.4, 0.5) is 0 Å². The molecule has 0 unspecified atom stereocenters. The van der Waals surface area contributed by atoms with Gasteiger partial charge >= 0.3 is 0 Å². The van der Waals surface area contributed by atoms with Crippen molar-refractivity contribution in [2.24, 2.45) is 7.05 Å². The SMILES string of the molecule is COc1cc(OC)cc(-c2c(OC)c(OC)cc3c2nnc2c3cnn2C)c1. The van der Waals surface area contributed by atoms with E-state index in [0.717, 1.165) is 21.9 Å². The van der Waals surface area contributed by atoms with Crippen LogP contribution >= 0.6 is 0 Å².